The number of carbonyl (C=O) groups is 1. The van der Waals surface area contributed by atoms with E-state index in [0.29, 0.717) is 30.5 Å². The van der Waals surface area contributed by atoms with E-state index in [1.54, 1.807) is 0 Å². The van der Waals surface area contributed by atoms with Gasteiger partial charge in [-0.2, -0.15) is 10.2 Å². The fourth-order valence-electron chi connectivity index (χ4n) is 4.13. The molecule has 1 aliphatic heterocycles. The Morgan fingerprint density at radius 2 is 2.18 bits per heavy atom. The van der Waals surface area contributed by atoms with Crippen LogP contribution in [0.3, 0.4) is 0 Å². The van der Waals surface area contributed by atoms with Gasteiger partial charge in [-0.25, -0.2) is 0 Å². The van der Waals surface area contributed by atoms with Crippen molar-refractivity contribution in [2.45, 2.75) is 50.5 Å². The summed E-state index contributed by atoms with van der Waals surface area (Å²) in [6.07, 6.45) is 5.33. The maximum absolute atomic E-state index is 11.5. The molecule has 7 heteroatoms. The fourth-order valence-corrected chi connectivity index (χ4v) is 4.13. The van der Waals surface area contributed by atoms with Crippen molar-refractivity contribution in [2.75, 3.05) is 11.9 Å². The smallest absolute Gasteiger partial charge is 0.230 e. The summed E-state index contributed by atoms with van der Waals surface area (Å²) in [6, 6.07) is 8.11. The Bertz CT molecular complexity index is 943. The quantitative estimate of drug-likeness (QED) is 0.855. The zero-order chi connectivity index (χ0) is 19.1. The van der Waals surface area contributed by atoms with Crippen molar-refractivity contribution in [3.63, 3.8) is 0 Å². The second kappa shape index (κ2) is 7.02. The molecule has 3 unspecified atom stereocenters. The van der Waals surface area contributed by atoms with E-state index < -0.39 is 0 Å². The highest BCUT2D eigenvalue weighted by Gasteiger charge is 2.36. The number of ether oxygens (including phenoxy) is 1. The molecular formula is C21H22N4O3. The number of rotatable bonds is 5. The second-order valence-electron chi connectivity index (χ2n) is 8.11. The summed E-state index contributed by atoms with van der Waals surface area (Å²) in [5.41, 5.74) is 2.63. The molecule has 2 saturated carbocycles. The summed E-state index contributed by atoms with van der Waals surface area (Å²) in [7, 11) is 0. The maximum atomic E-state index is 11.5. The van der Waals surface area contributed by atoms with Gasteiger partial charge in [0.15, 0.2) is 0 Å². The summed E-state index contributed by atoms with van der Waals surface area (Å²) >= 11 is 0. The number of nitrogens with zero attached hydrogens (tertiary/aromatic N) is 3. The third-order valence-electron chi connectivity index (χ3n) is 5.98. The number of fused-ring (bicyclic) bond motifs is 1. The molecule has 1 amide bonds. The zero-order valence-electron chi connectivity index (χ0n) is 15.6. The van der Waals surface area contributed by atoms with E-state index in [4.69, 9.17) is 9.26 Å². The lowest BCUT2D eigenvalue weighted by atomic mass is 9.80. The van der Waals surface area contributed by atoms with Crippen LogP contribution in [-0.4, -0.2) is 28.8 Å². The van der Waals surface area contributed by atoms with Gasteiger partial charge in [-0.1, -0.05) is 5.16 Å². The van der Waals surface area contributed by atoms with E-state index in [0.717, 1.165) is 36.3 Å². The average molecular weight is 378 g/mol. The molecule has 0 radical (unpaired) electrons. The van der Waals surface area contributed by atoms with Gasteiger partial charge in [-0.15, -0.1) is 0 Å². The molecule has 2 heterocycles. The Kier molecular flexibility index (Phi) is 4.36. The van der Waals surface area contributed by atoms with Gasteiger partial charge in [-0.3, -0.25) is 4.79 Å². The van der Waals surface area contributed by atoms with Crippen LogP contribution in [0.1, 0.15) is 49.5 Å². The van der Waals surface area contributed by atoms with Gasteiger partial charge < -0.3 is 14.6 Å². The highest BCUT2D eigenvalue weighted by Crippen LogP contribution is 2.39. The third kappa shape index (κ3) is 3.40. The molecule has 3 atom stereocenters. The van der Waals surface area contributed by atoms with E-state index in [2.05, 4.69) is 21.5 Å². The molecule has 144 valence electrons. The Hall–Kier alpha value is -2.72. The van der Waals surface area contributed by atoms with Crippen LogP contribution in [0.15, 0.2) is 22.7 Å². The zero-order valence-corrected chi connectivity index (χ0v) is 15.6. The molecule has 0 saturated heterocycles. The van der Waals surface area contributed by atoms with Gasteiger partial charge in [0.05, 0.1) is 24.5 Å². The molecule has 1 N–H and O–H groups in total. The molecule has 1 aromatic heterocycles. The number of carbonyl (C=O) groups excluding carboxylic acids is 1. The van der Waals surface area contributed by atoms with Crippen molar-refractivity contribution in [2.24, 2.45) is 11.8 Å². The highest BCUT2D eigenvalue weighted by atomic mass is 16.5. The fraction of sp³-hybridized carbons (Fsp3) is 0.524. The van der Waals surface area contributed by atoms with Crippen molar-refractivity contribution in [3.05, 3.63) is 29.7 Å². The van der Waals surface area contributed by atoms with Crippen molar-refractivity contribution in [3.8, 4) is 17.5 Å². The summed E-state index contributed by atoms with van der Waals surface area (Å²) in [5, 5.41) is 16.5. The Labute approximate surface area is 163 Å². The molecule has 7 nitrogen and oxygen atoms in total. The first kappa shape index (κ1) is 17.4. The molecule has 28 heavy (non-hydrogen) atoms. The number of nitrogens with one attached hydrogen (secondary N) is 1. The molecule has 0 spiro atoms. The number of aromatic nitrogens is 2. The predicted octanol–water partition coefficient (Wildman–Crippen LogP) is 3.43. The summed E-state index contributed by atoms with van der Waals surface area (Å²) in [4.78, 5) is 16.1. The number of amides is 1. The first-order valence-corrected chi connectivity index (χ1v) is 9.97. The number of hydrogen-bond acceptors (Lipinski definition) is 6. The molecular weight excluding hydrogens is 356 g/mol. The molecule has 5 rings (SSSR count). The minimum Gasteiger partial charge on any atom is -0.377 e. The summed E-state index contributed by atoms with van der Waals surface area (Å²) in [5.74, 6) is 1.77. The van der Waals surface area contributed by atoms with E-state index >= 15 is 0 Å². The van der Waals surface area contributed by atoms with Gasteiger partial charge in [0.25, 0.3) is 0 Å². The van der Waals surface area contributed by atoms with Gasteiger partial charge in [0.1, 0.15) is 0 Å². The van der Waals surface area contributed by atoms with Crippen LogP contribution in [0.25, 0.3) is 11.4 Å². The van der Waals surface area contributed by atoms with Crippen LogP contribution in [0.4, 0.5) is 5.69 Å². The average Bonchev–Trinajstić information content (AvgIpc) is 3.26. The van der Waals surface area contributed by atoms with Crippen molar-refractivity contribution in [1.29, 1.82) is 5.26 Å². The molecule has 2 aromatic rings. The van der Waals surface area contributed by atoms with Gasteiger partial charge in [0.2, 0.25) is 17.6 Å². The van der Waals surface area contributed by atoms with Crippen LogP contribution >= 0.6 is 0 Å². The Morgan fingerprint density at radius 3 is 3.00 bits per heavy atom. The lowest BCUT2D eigenvalue weighted by Crippen LogP contribution is -2.30. The Balaban J connectivity index is 1.28. The summed E-state index contributed by atoms with van der Waals surface area (Å²) < 4.78 is 11.5. The van der Waals surface area contributed by atoms with Crippen LogP contribution in [0.5, 0.6) is 0 Å². The van der Waals surface area contributed by atoms with E-state index in [1.807, 2.05) is 18.2 Å². The maximum Gasteiger partial charge on any atom is 0.230 e. The molecule has 0 bridgehead atoms. The minimum absolute atomic E-state index is 0.00385. The lowest BCUT2D eigenvalue weighted by Gasteiger charge is -2.30. The van der Waals surface area contributed by atoms with E-state index in [-0.39, 0.29) is 23.8 Å². The van der Waals surface area contributed by atoms with Crippen molar-refractivity contribution in [1.82, 2.24) is 10.1 Å². The number of anilines is 1. The van der Waals surface area contributed by atoms with Gasteiger partial charge in [0, 0.05) is 23.8 Å². The third-order valence-corrected chi connectivity index (χ3v) is 5.98. The van der Waals surface area contributed by atoms with Crippen LogP contribution in [0, 0.1) is 23.2 Å². The topological polar surface area (TPSA) is 101 Å². The van der Waals surface area contributed by atoms with Gasteiger partial charge in [-0.05, 0) is 61.8 Å². The molecule has 2 aliphatic carbocycles. The van der Waals surface area contributed by atoms with Crippen molar-refractivity contribution >= 4 is 11.6 Å². The SMILES string of the molecule is N#CC1CC(c2nc(-c3ccc4c(c3)CC(=O)N4)no2)CCC1OCC1CC1. The second-order valence-corrected chi connectivity index (χ2v) is 8.11. The highest BCUT2D eigenvalue weighted by molar-refractivity contribution is 5.99. The predicted molar refractivity (Wildman–Crippen MR) is 100 cm³/mol. The lowest BCUT2D eigenvalue weighted by molar-refractivity contribution is -0.115. The normalized spacial score (nSPS) is 26.5. The van der Waals surface area contributed by atoms with Crippen LogP contribution in [-0.2, 0) is 16.0 Å². The molecule has 1 aromatic carbocycles. The number of hydrogen-bond donors (Lipinski definition) is 1. The van der Waals surface area contributed by atoms with Crippen molar-refractivity contribution < 1.29 is 14.1 Å². The Morgan fingerprint density at radius 1 is 1.29 bits per heavy atom. The monoisotopic (exact) mass is 378 g/mol. The standard InChI is InChI=1S/C21H22N4O3/c22-10-16-8-14(4-6-18(16)27-11-12-1-2-12)21-24-20(25-28-21)13-3-5-17-15(7-13)9-19(26)23-17/h3,5,7,12,14,16,18H,1-2,4,6,8-9,11H2,(H,23,26). The number of nitriles is 1. The first-order valence-electron chi connectivity index (χ1n) is 9.97. The van der Waals surface area contributed by atoms with Gasteiger partial charge >= 0.3 is 0 Å². The summed E-state index contributed by atoms with van der Waals surface area (Å²) in [6.45, 7) is 0.786. The number of benzene rings is 1. The van der Waals surface area contributed by atoms with E-state index in [9.17, 15) is 10.1 Å². The minimum atomic E-state index is -0.134. The largest absolute Gasteiger partial charge is 0.377 e. The van der Waals surface area contributed by atoms with Crippen LogP contribution in [0.2, 0.25) is 0 Å². The van der Waals surface area contributed by atoms with Crippen LogP contribution < -0.4 is 5.32 Å². The molecule has 3 aliphatic rings. The van der Waals surface area contributed by atoms with E-state index in [1.165, 1.54) is 12.8 Å². The first-order chi connectivity index (χ1) is 13.7. The molecule has 2 fully saturated rings.